The van der Waals surface area contributed by atoms with Crippen molar-refractivity contribution in [3.8, 4) is 0 Å². The van der Waals surface area contributed by atoms with Gasteiger partial charge in [0.25, 0.3) is 0 Å². The van der Waals surface area contributed by atoms with Crippen LogP contribution in [0.15, 0.2) is 24.3 Å². The summed E-state index contributed by atoms with van der Waals surface area (Å²) >= 11 is 0. The van der Waals surface area contributed by atoms with Crippen molar-refractivity contribution in [1.82, 2.24) is 15.5 Å². The van der Waals surface area contributed by atoms with Gasteiger partial charge in [0.15, 0.2) is 0 Å². The van der Waals surface area contributed by atoms with Gasteiger partial charge in [-0.05, 0) is 24.1 Å². The van der Waals surface area contributed by atoms with E-state index < -0.39 is 6.09 Å². The maximum absolute atomic E-state index is 12.0. The van der Waals surface area contributed by atoms with E-state index in [4.69, 9.17) is 5.11 Å². The number of anilines is 1. The van der Waals surface area contributed by atoms with Crippen LogP contribution in [0.25, 0.3) is 0 Å². The molecule has 2 fully saturated rings. The summed E-state index contributed by atoms with van der Waals surface area (Å²) < 4.78 is 0. The van der Waals surface area contributed by atoms with Gasteiger partial charge in [0.1, 0.15) is 0 Å². The first-order valence-electron chi connectivity index (χ1n) is 8.90. The van der Waals surface area contributed by atoms with Crippen LogP contribution in [0.4, 0.5) is 10.5 Å². The van der Waals surface area contributed by atoms with Crippen LogP contribution in [0.3, 0.4) is 0 Å². The maximum atomic E-state index is 12.0. The topological polar surface area (TPSA) is 102 Å². The number of hydrogen-bond donors (Lipinski definition) is 3. The monoisotopic (exact) mass is 360 g/mol. The summed E-state index contributed by atoms with van der Waals surface area (Å²) in [7, 11) is 0. The van der Waals surface area contributed by atoms with E-state index in [1.165, 1.54) is 0 Å². The standard InChI is InChI=1S/C18H24N4O4/c23-16-6-5-15(17(24)20-16)13-1-3-14(4-2-13)22-11-9-21(10-12-22)8-7-19-18(25)26/h1-4,15,19H,5-12H2,(H,25,26)(H,20,23,24). The molecule has 1 atom stereocenters. The molecule has 3 rings (SSSR count). The Labute approximate surface area is 152 Å². The highest BCUT2D eigenvalue weighted by atomic mass is 16.4. The van der Waals surface area contributed by atoms with E-state index in [9.17, 15) is 14.4 Å². The number of hydrogen-bond acceptors (Lipinski definition) is 5. The number of piperidine rings is 1. The van der Waals surface area contributed by atoms with Gasteiger partial charge >= 0.3 is 6.09 Å². The number of imide groups is 1. The van der Waals surface area contributed by atoms with Crippen LogP contribution in [-0.2, 0) is 9.59 Å². The summed E-state index contributed by atoms with van der Waals surface area (Å²) in [5.74, 6) is -0.655. The Morgan fingerprint density at radius 3 is 2.46 bits per heavy atom. The second-order valence-corrected chi connectivity index (χ2v) is 6.66. The fourth-order valence-corrected chi connectivity index (χ4v) is 3.48. The van der Waals surface area contributed by atoms with Gasteiger partial charge in [-0.15, -0.1) is 0 Å². The molecule has 1 aromatic rings. The van der Waals surface area contributed by atoms with E-state index in [-0.39, 0.29) is 17.7 Å². The number of carbonyl (C=O) groups is 3. The molecule has 0 spiro atoms. The first kappa shape index (κ1) is 18.2. The van der Waals surface area contributed by atoms with E-state index in [0.717, 1.165) is 37.4 Å². The predicted octanol–water partition coefficient (Wildman–Crippen LogP) is 0.596. The van der Waals surface area contributed by atoms with Gasteiger partial charge in [0.05, 0.1) is 5.92 Å². The lowest BCUT2D eigenvalue weighted by Gasteiger charge is -2.36. The Bertz CT molecular complexity index is 668. The lowest BCUT2D eigenvalue weighted by Crippen LogP contribution is -2.48. The van der Waals surface area contributed by atoms with Crippen molar-refractivity contribution >= 4 is 23.6 Å². The van der Waals surface area contributed by atoms with Crippen molar-refractivity contribution in [3.63, 3.8) is 0 Å². The Kier molecular flexibility index (Phi) is 5.72. The van der Waals surface area contributed by atoms with Crippen LogP contribution in [0.1, 0.15) is 24.3 Å². The normalized spacial score (nSPS) is 21.4. The smallest absolute Gasteiger partial charge is 0.404 e. The fraction of sp³-hybridized carbons (Fsp3) is 0.500. The zero-order valence-electron chi connectivity index (χ0n) is 14.6. The van der Waals surface area contributed by atoms with Gasteiger partial charge in [0.2, 0.25) is 11.8 Å². The van der Waals surface area contributed by atoms with E-state index in [0.29, 0.717) is 25.9 Å². The number of carboxylic acid groups (broad SMARTS) is 1. The zero-order chi connectivity index (χ0) is 18.5. The molecule has 3 amide bonds. The first-order chi connectivity index (χ1) is 12.5. The molecule has 8 nitrogen and oxygen atoms in total. The van der Waals surface area contributed by atoms with Crippen LogP contribution >= 0.6 is 0 Å². The van der Waals surface area contributed by atoms with Crippen LogP contribution in [-0.4, -0.2) is 67.2 Å². The molecule has 140 valence electrons. The molecule has 8 heteroatoms. The number of benzene rings is 1. The Morgan fingerprint density at radius 1 is 1.15 bits per heavy atom. The molecule has 2 aliphatic rings. The molecule has 0 aliphatic carbocycles. The Morgan fingerprint density at radius 2 is 1.85 bits per heavy atom. The molecular formula is C18H24N4O4. The van der Waals surface area contributed by atoms with E-state index in [2.05, 4.69) is 20.4 Å². The third-order valence-corrected chi connectivity index (χ3v) is 4.98. The van der Waals surface area contributed by atoms with Gasteiger partial charge < -0.3 is 15.3 Å². The number of amides is 3. The molecule has 2 heterocycles. The molecule has 1 aromatic carbocycles. The molecule has 26 heavy (non-hydrogen) atoms. The van der Waals surface area contributed by atoms with Crippen LogP contribution < -0.4 is 15.5 Å². The number of carbonyl (C=O) groups excluding carboxylic acids is 2. The van der Waals surface area contributed by atoms with Crippen molar-refractivity contribution in [2.75, 3.05) is 44.2 Å². The minimum atomic E-state index is -0.986. The van der Waals surface area contributed by atoms with Crippen molar-refractivity contribution < 1.29 is 19.5 Å². The SMILES string of the molecule is O=C(O)NCCN1CCN(c2ccc(C3CCC(=O)NC3=O)cc2)CC1. The summed E-state index contributed by atoms with van der Waals surface area (Å²) in [6.45, 7) is 4.69. The van der Waals surface area contributed by atoms with Gasteiger partial charge in [-0.25, -0.2) is 4.79 Å². The molecule has 2 saturated heterocycles. The molecule has 1 unspecified atom stereocenters. The first-order valence-corrected chi connectivity index (χ1v) is 8.90. The lowest BCUT2D eigenvalue weighted by atomic mass is 9.90. The van der Waals surface area contributed by atoms with Gasteiger partial charge in [0, 0.05) is 51.4 Å². The fourth-order valence-electron chi connectivity index (χ4n) is 3.48. The van der Waals surface area contributed by atoms with Crippen LogP contribution in [0, 0.1) is 0 Å². The Balaban J connectivity index is 1.51. The van der Waals surface area contributed by atoms with Crippen molar-refractivity contribution in [3.05, 3.63) is 29.8 Å². The molecule has 0 bridgehead atoms. The maximum Gasteiger partial charge on any atom is 0.404 e. The van der Waals surface area contributed by atoms with Crippen molar-refractivity contribution in [1.29, 1.82) is 0 Å². The molecule has 2 aliphatic heterocycles. The van der Waals surface area contributed by atoms with Gasteiger partial charge in [-0.1, -0.05) is 12.1 Å². The number of rotatable bonds is 5. The lowest BCUT2D eigenvalue weighted by molar-refractivity contribution is -0.134. The van der Waals surface area contributed by atoms with Crippen molar-refractivity contribution in [2.45, 2.75) is 18.8 Å². The Hall–Kier alpha value is -2.61. The average Bonchev–Trinajstić information content (AvgIpc) is 2.62. The summed E-state index contributed by atoms with van der Waals surface area (Å²) in [4.78, 5) is 38.2. The zero-order valence-corrected chi connectivity index (χ0v) is 14.6. The van der Waals surface area contributed by atoms with E-state index in [1.54, 1.807) is 0 Å². The van der Waals surface area contributed by atoms with Gasteiger partial charge in [-0.3, -0.25) is 19.8 Å². The van der Waals surface area contributed by atoms with E-state index >= 15 is 0 Å². The van der Waals surface area contributed by atoms with Crippen LogP contribution in [0.5, 0.6) is 0 Å². The predicted molar refractivity (Wildman–Crippen MR) is 96.2 cm³/mol. The third-order valence-electron chi connectivity index (χ3n) is 4.98. The van der Waals surface area contributed by atoms with Gasteiger partial charge in [-0.2, -0.15) is 0 Å². The molecular weight excluding hydrogens is 336 g/mol. The second-order valence-electron chi connectivity index (χ2n) is 6.66. The highest BCUT2D eigenvalue weighted by Crippen LogP contribution is 2.27. The highest BCUT2D eigenvalue weighted by Gasteiger charge is 2.28. The highest BCUT2D eigenvalue weighted by molar-refractivity contribution is 6.00. The molecule has 0 saturated carbocycles. The molecule has 0 radical (unpaired) electrons. The number of nitrogens with one attached hydrogen (secondary N) is 2. The molecule has 0 aromatic heterocycles. The molecule has 3 N–H and O–H groups in total. The number of nitrogens with zero attached hydrogens (tertiary/aromatic N) is 2. The summed E-state index contributed by atoms with van der Waals surface area (Å²) in [5, 5.41) is 13.4. The van der Waals surface area contributed by atoms with E-state index in [1.807, 2.05) is 24.3 Å². The summed E-state index contributed by atoms with van der Waals surface area (Å²) in [5.41, 5.74) is 2.06. The largest absolute Gasteiger partial charge is 0.465 e. The minimum absolute atomic E-state index is 0.195. The van der Waals surface area contributed by atoms with Crippen molar-refractivity contribution in [2.24, 2.45) is 0 Å². The minimum Gasteiger partial charge on any atom is -0.465 e. The average molecular weight is 360 g/mol. The second kappa shape index (κ2) is 8.18. The number of piperazine rings is 1. The summed E-state index contributed by atoms with van der Waals surface area (Å²) in [6.07, 6.45) is -0.0380. The van der Waals surface area contributed by atoms with Crippen LogP contribution in [0.2, 0.25) is 0 Å². The summed E-state index contributed by atoms with van der Waals surface area (Å²) in [6, 6.07) is 8.00. The third kappa shape index (κ3) is 4.51. The quantitative estimate of drug-likeness (QED) is 0.665.